The third-order valence-corrected chi connectivity index (χ3v) is 3.00. The van der Waals surface area contributed by atoms with Crippen LogP contribution >= 0.6 is 0 Å². The van der Waals surface area contributed by atoms with Gasteiger partial charge in [-0.3, -0.25) is 9.59 Å². The summed E-state index contributed by atoms with van der Waals surface area (Å²) >= 11 is 0. The van der Waals surface area contributed by atoms with Crippen molar-refractivity contribution in [3.8, 4) is 0 Å². The summed E-state index contributed by atoms with van der Waals surface area (Å²) in [5.41, 5.74) is 0.811. The number of rotatable bonds is 5. The van der Waals surface area contributed by atoms with E-state index in [2.05, 4.69) is 10.6 Å². The first kappa shape index (κ1) is 14.8. The third kappa shape index (κ3) is 4.48. The molecule has 3 N–H and O–H groups in total. The highest BCUT2D eigenvalue weighted by atomic mass is 16.4. The zero-order chi connectivity index (χ0) is 15.4. The lowest BCUT2D eigenvalue weighted by Crippen LogP contribution is -2.32. The molecule has 1 aliphatic rings. The standard InChI is InChI=1S/C14H17N3O4/c1-17(8-12(18)19)13(20)9-3-2-4-11(7-9)16-14(21)15-10-5-6-10/h2-4,7,10H,5-6,8H2,1H3,(H,18,19)(H2,15,16,21). The molecule has 7 nitrogen and oxygen atoms in total. The molecule has 2 rings (SSSR count). The highest BCUT2D eigenvalue weighted by Gasteiger charge is 2.23. The van der Waals surface area contributed by atoms with Crippen LogP contribution in [0.2, 0.25) is 0 Å². The van der Waals surface area contributed by atoms with Gasteiger partial charge in [0.25, 0.3) is 5.91 Å². The Bertz CT molecular complexity index is 569. The molecule has 21 heavy (non-hydrogen) atoms. The maximum atomic E-state index is 12.0. The second kappa shape index (κ2) is 6.25. The molecule has 1 saturated carbocycles. The summed E-state index contributed by atoms with van der Waals surface area (Å²) in [4.78, 5) is 35.4. The van der Waals surface area contributed by atoms with Crippen molar-refractivity contribution in [3.63, 3.8) is 0 Å². The number of amides is 3. The number of nitrogens with one attached hydrogen (secondary N) is 2. The Kier molecular flexibility index (Phi) is 4.42. The Morgan fingerprint density at radius 1 is 1.33 bits per heavy atom. The van der Waals surface area contributed by atoms with Crippen molar-refractivity contribution in [1.82, 2.24) is 10.2 Å². The lowest BCUT2D eigenvalue weighted by molar-refractivity contribution is -0.137. The van der Waals surface area contributed by atoms with E-state index < -0.39 is 11.9 Å². The molecule has 0 saturated heterocycles. The van der Waals surface area contributed by atoms with Gasteiger partial charge in [0.1, 0.15) is 6.54 Å². The van der Waals surface area contributed by atoms with Gasteiger partial charge in [-0.2, -0.15) is 0 Å². The molecule has 1 aromatic rings. The lowest BCUT2D eigenvalue weighted by atomic mass is 10.2. The number of likely N-dealkylation sites (N-methyl/N-ethyl adjacent to an activating group) is 1. The van der Waals surface area contributed by atoms with Gasteiger partial charge >= 0.3 is 12.0 Å². The van der Waals surface area contributed by atoms with Gasteiger partial charge in [-0.15, -0.1) is 0 Å². The van der Waals surface area contributed by atoms with Crippen LogP contribution in [0.5, 0.6) is 0 Å². The summed E-state index contributed by atoms with van der Waals surface area (Å²) in [7, 11) is 1.41. The van der Waals surface area contributed by atoms with Crippen LogP contribution < -0.4 is 10.6 Å². The fourth-order valence-corrected chi connectivity index (χ4v) is 1.81. The van der Waals surface area contributed by atoms with Crippen LogP contribution in [-0.4, -0.2) is 47.5 Å². The Morgan fingerprint density at radius 2 is 2.05 bits per heavy atom. The first-order chi connectivity index (χ1) is 9.95. The maximum Gasteiger partial charge on any atom is 0.323 e. The molecule has 7 heteroatoms. The fourth-order valence-electron chi connectivity index (χ4n) is 1.81. The van der Waals surface area contributed by atoms with Gasteiger partial charge in [0.05, 0.1) is 0 Å². The van der Waals surface area contributed by atoms with E-state index in [0.29, 0.717) is 11.3 Å². The molecule has 0 spiro atoms. The molecule has 112 valence electrons. The van der Waals surface area contributed by atoms with Gasteiger partial charge < -0.3 is 20.6 Å². The van der Waals surface area contributed by atoms with Gasteiger partial charge in [0.15, 0.2) is 0 Å². The summed E-state index contributed by atoms with van der Waals surface area (Å²) in [5, 5.41) is 14.1. The van der Waals surface area contributed by atoms with Gasteiger partial charge in [0, 0.05) is 24.3 Å². The summed E-state index contributed by atoms with van der Waals surface area (Å²) in [6.07, 6.45) is 1.98. The molecule has 0 aromatic heterocycles. The molecule has 0 aliphatic heterocycles. The fraction of sp³-hybridized carbons (Fsp3) is 0.357. The van der Waals surface area contributed by atoms with Crippen LogP contribution in [0.15, 0.2) is 24.3 Å². The highest BCUT2D eigenvalue weighted by Crippen LogP contribution is 2.19. The minimum Gasteiger partial charge on any atom is -0.480 e. The second-order valence-electron chi connectivity index (χ2n) is 5.01. The van der Waals surface area contributed by atoms with Crippen LogP contribution in [0, 0.1) is 0 Å². The summed E-state index contributed by atoms with van der Waals surface area (Å²) in [6, 6.07) is 6.34. The number of hydrogen-bond acceptors (Lipinski definition) is 3. The lowest BCUT2D eigenvalue weighted by Gasteiger charge is -2.15. The van der Waals surface area contributed by atoms with Crippen LogP contribution in [-0.2, 0) is 4.79 Å². The molecule has 0 heterocycles. The summed E-state index contributed by atoms with van der Waals surface area (Å²) in [5.74, 6) is -1.49. The SMILES string of the molecule is CN(CC(=O)O)C(=O)c1cccc(NC(=O)NC2CC2)c1. The van der Waals surface area contributed by atoms with E-state index in [4.69, 9.17) is 5.11 Å². The molecule has 0 bridgehead atoms. The summed E-state index contributed by atoms with van der Waals surface area (Å²) < 4.78 is 0. The number of carboxylic acid groups (broad SMARTS) is 1. The van der Waals surface area contributed by atoms with Gasteiger partial charge in [-0.05, 0) is 31.0 Å². The molecule has 1 aliphatic carbocycles. The number of nitrogens with zero attached hydrogens (tertiary/aromatic N) is 1. The molecule has 3 amide bonds. The minimum absolute atomic E-state index is 0.247. The quantitative estimate of drug-likeness (QED) is 0.757. The van der Waals surface area contributed by atoms with Gasteiger partial charge in [-0.1, -0.05) is 6.07 Å². The van der Waals surface area contributed by atoms with E-state index in [1.807, 2.05) is 0 Å². The number of urea groups is 1. The van der Waals surface area contributed by atoms with Gasteiger partial charge in [-0.25, -0.2) is 4.79 Å². The Balaban J connectivity index is 2.00. The van der Waals surface area contributed by atoms with E-state index in [0.717, 1.165) is 17.7 Å². The molecule has 1 fully saturated rings. The first-order valence-electron chi connectivity index (χ1n) is 6.60. The minimum atomic E-state index is -1.08. The molecular weight excluding hydrogens is 274 g/mol. The van der Waals surface area contributed by atoms with E-state index in [1.54, 1.807) is 18.2 Å². The van der Waals surface area contributed by atoms with Crippen molar-refractivity contribution in [2.75, 3.05) is 18.9 Å². The van der Waals surface area contributed by atoms with Gasteiger partial charge in [0.2, 0.25) is 0 Å². The average molecular weight is 291 g/mol. The molecule has 0 atom stereocenters. The van der Waals surface area contributed by atoms with Crippen molar-refractivity contribution in [2.24, 2.45) is 0 Å². The Hall–Kier alpha value is -2.57. The van der Waals surface area contributed by atoms with E-state index in [1.165, 1.54) is 13.1 Å². The van der Waals surface area contributed by atoms with E-state index in [-0.39, 0.29) is 18.6 Å². The molecular formula is C14H17N3O4. The number of anilines is 1. The zero-order valence-electron chi connectivity index (χ0n) is 11.6. The van der Waals surface area contributed by atoms with Crippen LogP contribution in [0.4, 0.5) is 10.5 Å². The normalized spacial score (nSPS) is 13.4. The highest BCUT2D eigenvalue weighted by molar-refractivity contribution is 5.97. The average Bonchev–Trinajstić information content (AvgIpc) is 3.21. The maximum absolute atomic E-state index is 12.0. The number of benzene rings is 1. The van der Waals surface area contributed by atoms with Crippen LogP contribution in [0.25, 0.3) is 0 Å². The molecule has 0 unspecified atom stereocenters. The number of carbonyl (C=O) groups excluding carboxylic acids is 2. The van der Waals surface area contributed by atoms with E-state index in [9.17, 15) is 14.4 Å². The van der Waals surface area contributed by atoms with Crippen molar-refractivity contribution in [3.05, 3.63) is 29.8 Å². The van der Waals surface area contributed by atoms with Crippen LogP contribution in [0.1, 0.15) is 23.2 Å². The first-order valence-corrected chi connectivity index (χ1v) is 6.60. The topological polar surface area (TPSA) is 98.7 Å². The predicted molar refractivity (Wildman–Crippen MR) is 76.2 cm³/mol. The number of carbonyl (C=O) groups is 3. The second-order valence-corrected chi connectivity index (χ2v) is 5.01. The number of carboxylic acids is 1. The number of hydrogen-bond donors (Lipinski definition) is 3. The van der Waals surface area contributed by atoms with Crippen molar-refractivity contribution in [1.29, 1.82) is 0 Å². The zero-order valence-corrected chi connectivity index (χ0v) is 11.6. The molecule has 1 aromatic carbocycles. The largest absolute Gasteiger partial charge is 0.480 e. The molecule has 0 radical (unpaired) electrons. The smallest absolute Gasteiger partial charge is 0.323 e. The van der Waals surface area contributed by atoms with Crippen molar-refractivity contribution < 1.29 is 19.5 Å². The van der Waals surface area contributed by atoms with E-state index >= 15 is 0 Å². The third-order valence-electron chi connectivity index (χ3n) is 3.00. The summed E-state index contributed by atoms with van der Waals surface area (Å²) in [6.45, 7) is -0.376. The predicted octanol–water partition coefficient (Wildman–Crippen LogP) is 1.13. The Labute approximate surface area is 121 Å². The van der Waals surface area contributed by atoms with Crippen molar-refractivity contribution >= 4 is 23.6 Å². The Morgan fingerprint density at radius 3 is 2.67 bits per heavy atom. The number of aliphatic carboxylic acids is 1. The van der Waals surface area contributed by atoms with Crippen molar-refractivity contribution in [2.45, 2.75) is 18.9 Å². The van der Waals surface area contributed by atoms with Crippen LogP contribution in [0.3, 0.4) is 0 Å². The monoisotopic (exact) mass is 291 g/mol.